The van der Waals surface area contributed by atoms with Gasteiger partial charge in [0.25, 0.3) is 0 Å². The Hall–Kier alpha value is -2.33. The van der Waals surface area contributed by atoms with Gasteiger partial charge in [0.1, 0.15) is 13.2 Å². The number of carbonyl (C=O) groups excluding carboxylic acids is 2. The van der Waals surface area contributed by atoms with Crippen LogP contribution in [-0.2, 0) is 22.1 Å². The first-order valence-electron chi connectivity index (χ1n) is 5.94. The van der Waals surface area contributed by atoms with Crippen LogP contribution in [0.5, 0.6) is 0 Å². The normalized spacial score (nSPS) is 15.2. The average Bonchev–Trinajstić information content (AvgIpc) is 2.99. The quantitative estimate of drug-likeness (QED) is 0.834. The Bertz CT molecular complexity index is 531. The maximum Gasteiger partial charge on any atom is 0.471 e. The number of carbonyl (C=O) groups is 2. The SMILES string of the molecule is O=C(CN1CCOC1=O)NCCc1noc(C(F)(F)F)n1. The van der Waals surface area contributed by atoms with E-state index in [1.807, 2.05) is 0 Å². The number of amides is 2. The van der Waals surface area contributed by atoms with Gasteiger partial charge in [-0.3, -0.25) is 9.69 Å². The summed E-state index contributed by atoms with van der Waals surface area (Å²) in [6.07, 6.45) is -5.28. The maximum absolute atomic E-state index is 12.2. The van der Waals surface area contributed by atoms with Crippen molar-refractivity contribution in [3.8, 4) is 0 Å². The van der Waals surface area contributed by atoms with Crippen molar-refractivity contribution in [3.63, 3.8) is 0 Å². The van der Waals surface area contributed by atoms with Gasteiger partial charge in [0.05, 0.1) is 6.54 Å². The molecule has 2 rings (SSSR count). The van der Waals surface area contributed by atoms with Gasteiger partial charge in [-0.25, -0.2) is 4.79 Å². The Morgan fingerprint density at radius 1 is 1.43 bits per heavy atom. The lowest BCUT2D eigenvalue weighted by atomic mass is 10.4. The lowest BCUT2D eigenvalue weighted by molar-refractivity contribution is -0.159. The maximum atomic E-state index is 12.2. The van der Waals surface area contributed by atoms with E-state index in [1.165, 1.54) is 4.90 Å². The highest BCUT2D eigenvalue weighted by Crippen LogP contribution is 2.27. The molecule has 1 aliphatic rings. The molecule has 0 bridgehead atoms. The third-order valence-corrected chi connectivity index (χ3v) is 2.56. The molecule has 0 aromatic carbocycles. The number of hydrogen-bond donors (Lipinski definition) is 1. The van der Waals surface area contributed by atoms with Crippen LogP contribution in [0.3, 0.4) is 0 Å². The van der Waals surface area contributed by atoms with Gasteiger partial charge in [-0.05, 0) is 0 Å². The number of rotatable bonds is 5. The van der Waals surface area contributed by atoms with Crippen molar-refractivity contribution in [1.82, 2.24) is 20.4 Å². The van der Waals surface area contributed by atoms with Gasteiger partial charge in [-0.1, -0.05) is 5.16 Å². The van der Waals surface area contributed by atoms with Gasteiger partial charge >= 0.3 is 18.2 Å². The van der Waals surface area contributed by atoms with Crippen LogP contribution in [0.2, 0.25) is 0 Å². The van der Waals surface area contributed by atoms with E-state index in [1.54, 1.807) is 0 Å². The van der Waals surface area contributed by atoms with E-state index >= 15 is 0 Å². The monoisotopic (exact) mass is 308 g/mol. The van der Waals surface area contributed by atoms with Gasteiger partial charge in [-0.2, -0.15) is 18.2 Å². The molecule has 0 saturated carbocycles. The van der Waals surface area contributed by atoms with Crippen LogP contribution in [0.15, 0.2) is 4.52 Å². The fourth-order valence-electron chi connectivity index (χ4n) is 1.58. The molecule has 116 valence electrons. The van der Waals surface area contributed by atoms with E-state index in [0.29, 0.717) is 6.54 Å². The molecule has 2 heterocycles. The summed E-state index contributed by atoms with van der Waals surface area (Å²) >= 11 is 0. The molecule has 2 amide bonds. The predicted octanol–water partition coefficient (Wildman–Crippen LogP) is 0.199. The van der Waals surface area contributed by atoms with Crippen molar-refractivity contribution in [3.05, 3.63) is 11.7 Å². The van der Waals surface area contributed by atoms with Crippen LogP contribution in [-0.4, -0.2) is 53.3 Å². The van der Waals surface area contributed by atoms with Crippen molar-refractivity contribution >= 4 is 12.0 Å². The highest BCUT2D eigenvalue weighted by atomic mass is 19.4. The molecular weight excluding hydrogens is 297 g/mol. The van der Waals surface area contributed by atoms with Crippen molar-refractivity contribution in [2.24, 2.45) is 0 Å². The third-order valence-electron chi connectivity index (χ3n) is 2.56. The largest absolute Gasteiger partial charge is 0.471 e. The van der Waals surface area contributed by atoms with Crippen molar-refractivity contribution in [2.45, 2.75) is 12.6 Å². The number of alkyl halides is 3. The van der Waals surface area contributed by atoms with E-state index < -0.39 is 24.1 Å². The zero-order chi connectivity index (χ0) is 15.5. The topological polar surface area (TPSA) is 97.6 Å². The van der Waals surface area contributed by atoms with Crippen molar-refractivity contribution < 1.29 is 32.0 Å². The number of nitrogens with zero attached hydrogens (tertiary/aromatic N) is 3. The molecular formula is C10H11F3N4O4. The zero-order valence-electron chi connectivity index (χ0n) is 10.6. The van der Waals surface area contributed by atoms with Crippen LogP contribution < -0.4 is 5.32 Å². The lowest BCUT2D eigenvalue weighted by Gasteiger charge is -2.11. The Morgan fingerprint density at radius 3 is 2.76 bits per heavy atom. The fourth-order valence-corrected chi connectivity index (χ4v) is 1.58. The minimum atomic E-state index is -4.69. The molecule has 11 heteroatoms. The van der Waals surface area contributed by atoms with Gasteiger partial charge in [0.15, 0.2) is 5.82 Å². The Labute approximate surface area is 116 Å². The molecule has 0 spiro atoms. The predicted molar refractivity (Wildman–Crippen MR) is 58.9 cm³/mol. The molecule has 1 aromatic heterocycles. The zero-order valence-corrected chi connectivity index (χ0v) is 10.6. The summed E-state index contributed by atoms with van der Waals surface area (Å²) < 4.78 is 45.3. The summed E-state index contributed by atoms with van der Waals surface area (Å²) in [5, 5.41) is 5.59. The van der Waals surface area contributed by atoms with Crippen LogP contribution in [0.25, 0.3) is 0 Å². The highest BCUT2D eigenvalue weighted by molar-refractivity contribution is 5.82. The lowest BCUT2D eigenvalue weighted by Crippen LogP contribution is -2.38. The average molecular weight is 308 g/mol. The molecule has 1 aromatic rings. The number of nitrogens with one attached hydrogen (secondary N) is 1. The summed E-state index contributed by atoms with van der Waals surface area (Å²) in [6, 6.07) is 0. The van der Waals surface area contributed by atoms with Crippen molar-refractivity contribution in [1.29, 1.82) is 0 Å². The first-order chi connectivity index (χ1) is 9.86. The van der Waals surface area contributed by atoms with Crippen LogP contribution in [0.4, 0.5) is 18.0 Å². The minimum absolute atomic E-state index is 0.0181. The van der Waals surface area contributed by atoms with Gasteiger partial charge in [0.2, 0.25) is 5.91 Å². The molecule has 0 aliphatic carbocycles. The number of ether oxygens (including phenoxy) is 1. The van der Waals surface area contributed by atoms with Crippen LogP contribution in [0.1, 0.15) is 11.7 Å². The summed E-state index contributed by atoms with van der Waals surface area (Å²) in [5.74, 6) is -2.04. The standard InChI is InChI=1S/C10H11F3N4O4/c11-10(12,13)8-15-6(16-21-8)1-2-14-7(18)5-17-3-4-20-9(17)19/h1-5H2,(H,14,18). The van der Waals surface area contributed by atoms with Crippen LogP contribution >= 0.6 is 0 Å². The second kappa shape index (κ2) is 5.97. The summed E-state index contributed by atoms with van der Waals surface area (Å²) in [5.41, 5.74) is 0. The molecule has 1 fully saturated rings. The van der Waals surface area contributed by atoms with E-state index in [2.05, 4.69) is 24.7 Å². The first-order valence-corrected chi connectivity index (χ1v) is 5.94. The molecule has 1 N–H and O–H groups in total. The summed E-state index contributed by atoms with van der Waals surface area (Å²) in [7, 11) is 0. The molecule has 0 unspecified atom stereocenters. The highest BCUT2D eigenvalue weighted by Gasteiger charge is 2.38. The van der Waals surface area contributed by atoms with E-state index in [4.69, 9.17) is 0 Å². The second-order valence-electron chi connectivity index (χ2n) is 4.15. The molecule has 8 nitrogen and oxygen atoms in total. The Kier molecular flexibility index (Phi) is 4.29. The molecule has 1 saturated heterocycles. The summed E-state index contributed by atoms with van der Waals surface area (Å²) in [4.78, 5) is 26.9. The third kappa shape index (κ3) is 4.07. The number of hydrogen-bond acceptors (Lipinski definition) is 6. The number of aromatic nitrogens is 2. The molecule has 21 heavy (non-hydrogen) atoms. The number of halogens is 3. The van der Waals surface area contributed by atoms with E-state index in [0.717, 1.165) is 0 Å². The molecule has 1 aliphatic heterocycles. The van der Waals surface area contributed by atoms with Gasteiger partial charge in [-0.15, -0.1) is 0 Å². The Morgan fingerprint density at radius 2 is 2.19 bits per heavy atom. The molecule has 0 radical (unpaired) electrons. The van der Waals surface area contributed by atoms with E-state index in [9.17, 15) is 22.8 Å². The van der Waals surface area contributed by atoms with Gasteiger partial charge < -0.3 is 14.6 Å². The minimum Gasteiger partial charge on any atom is -0.448 e. The Balaban J connectivity index is 1.72. The van der Waals surface area contributed by atoms with Gasteiger partial charge in [0, 0.05) is 13.0 Å². The summed E-state index contributed by atoms with van der Waals surface area (Å²) in [6.45, 7) is 0.415. The number of cyclic esters (lactones) is 1. The fraction of sp³-hybridized carbons (Fsp3) is 0.600. The smallest absolute Gasteiger partial charge is 0.448 e. The first kappa shape index (κ1) is 15.1. The van der Waals surface area contributed by atoms with Crippen molar-refractivity contribution in [2.75, 3.05) is 26.2 Å². The second-order valence-corrected chi connectivity index (χ2v) is 4.15. The van der Waals surface area contributed by atoms with E-state index in [-0.39, 0.29) is 31.9 Å². The van der Waals surface area contributed by atoms with Crippen LogP contribution in [0, 0.1) is 0 Å². The molecule has 0 atom stereocenters.